The minimum Gasteiger partial charge on any atom is -0.339 e. The van der Waals surface area contributed by atoms with Gasteiger partial charge in [-0.3, -0.25) is 0 Å². The SMILES string of the molecule is CC(O)=[OH+].Cn1[cH+]n(-c2[c-]cccc2)c2ccccc21.[Ir]. The Kier molecular flexibility index (Phi) is 6.28. The Morgan fingerprint density at radius 2 is 1.71 bits per heavy atom. The summed E-state index contributed by atoms with van der Waals surface area (Å²) in [5.41, 5.74) is 3.49. The van der Waals surface area contributed by atoms with Crippen LogP contribution in [0, 0.1) is 6.07 Å². The van der Waals surface area contributed by atoms with Gasteiger partial charge in [-0.1, -0.05) is 0 Å². The van der Waals surface area contributed by atoms with Gasteiger partial charge in [0.25, 0.3) is 0 Å². The molecule has 0 saturated heterocycles. The van der Waals surface area contributed by atoms with Crippen LogP contribution in [0.15, 0.2) is 54.9 Å². The van der Waals surface area contributed by atoms with E-state index < -0.39 is 5.97 Å². The molecular weight excluding hydrogens is 444 g/mol. The van der Waals surface area contributed by atoms with Crippen molar-refractivity contribution in [1.29, 1.82) is 0 Å². The third-order valence-corrected chi connectivity index (χ3v) is 2.76. The predicted octanol–water partition coefficient (Wildman–Crippen LogP) is 3.11. The summed E-state index contributed by atoms with van der Waals surface area (Å²) in [5.74, 6) is -0.583. The van der Waals surface area contributed by atoms with Gasteiger partial charge in [0, 0.05) is 45.0 Å². The van der Waals surface area contributed by atoms with Gasteiger partial charge in [-0.05, 0) is 12.1 Å². The number of carboxylic acid groups (broad SMARTS) is 1. The van der Waals surface area contributed by atoms with E-state index in [2.05, 4.69) is 58.9 Å². The summed E-state index contributed by atoms with van der Waals surface area (Å²) in [6.45, 7) is 1.19. The number of aromatic nitrogens is 2. The van der Waals surface area contributed by atoms with Crippen LogP contribution >= 0.6 is 0 Å². The van der Waals surface area contributed by atoms with Crippen molar-refractivity contribution in [2.45, 2.75) is 6.92 Å². The van der Waals surface area contributed by atoms with E-state index in [1.54, 1.807) is 0 Å². The van der Waals surface area contributed by atoms with Crippen LogP contribution in [0.3, 0.4) is 0 Å². The van der Waals surface area contributed by atoms with E-state index in [9.17, 15) is 0 Å². The number of aliphatic carboxylic acids is 1. The molecule has 1 heterocycles. The quantitative estimate of drug-likeness (QED) is 0.440. The Bertz CT molecular complexity index is 719. The van der Waals surface area contributed by atoms with Crippen molar-refractivity contribution < 1.29 is 30.0 Å². The largest absolute Gasteiger partial charge is 0.477 e. The summed E-state index contributed by atoms with van der Waals surface area (Å²) in [6, 6.07) is 19.6. The summed E-state index contributed by atoms with van der Waals surface area (Å²) < 4.78 is 4.27. The van der Waals surface area contributed by atoms with E-state index in [-0.39, 0.29) is 20.1 Å². The molecule has 4 nitrogen and oxygen atoms in total. The summed E-state index contributed by atoms with van der Waals surface area (Å²) >= 11 is 0. The first-order valence-electron chi connectivity index (χ1n) is 6.24. The van der Waals surface area contributed by atoms with Gasteiger partial charge < -0.3 is 9.90 Å². The van der Waals surface area contributed by atoms with Gasteiger partial charge in [0.2, 0.25) is 0 Å². The van der Waals surface area contributed by atoms with E-state index in [1.807, 2.05) is 18.2 Å². The first kappa shape index (κ1) is 17.1. The normalized spacial score (nSPS) is 9.43. The Balaban J connectivity index is 0.000000397. The van der Waals surface area contributed by atoms with Crippen LogP contribution in [0.4, 0.5) is 0 Å². The fourth-order valence-electron chi connectivity index (χ4n) is 1.99. The molecule has 2 N–H and O–H groups in total. The Morgan fingerprint density at radius 1 is 1.14 bits per heavy atom. The first-order chi connectivity index (χ1) is 9.59. The predicted molar refractivity (Wildman–Crippen MR) is 80.7 cm³/mol. The molecular formula is C16H17IrN2O2+. The Labute approximate surface area is 137 Å². The molecule has 0 aliphatic rings. The molecule has 5 heteroatoms. The minimum atomic E-state index is -0.583. The summed E-state index contributed by atoms with van der Waals surface area (Å²) in [6.07, 6.45) is 2.08. The Hall–Kier alpha value is -1.97. The van der Waals surface area contributed by atoms with Crippen LogP contribution < -0.4 is 0 Å². The molecule has 0 aliphatic carbocycles. The molecule has 0 saturated carbocycles. The molecule has 0 fully saturated rings. The number of fused-ring (bicyclic) bond motifs is 1. The van der Waals surface area contributed by atoms with Crippen molar-refractivity contribution in [3.63, 3.8) is 0 Å². The molecule has 0 atom stereocenters. The molecule has 0 amide bonds. The minimum absolute atomic E-state index is 0. The zero-order chi connectivity index (χ0) is 14.5. The molecule has 2 aromatic carbocycles. The van der Waals surface area contributed by atoms with Crippen LogP contribution in [0.2, 0.25) is 0 Å². The molecule has 21 heavy (non-hydrogen) atoms. The van der Waals surface area contributed by atoms with Crippen LogP contribution in [0.5, 0.6) is 0 Å². The zero-order valence-electron chi connectivity index (χ0n) is 11.8. The summed E-state index contributed by atoms with van der Waals surface area (Å²) in [5, 5.41) is 7.53. The fraction of sp³-hybridized carbons (Fsp3) is 0.125. The maximum Gasteiger partial charge on any atom is 0.477 e. The van der Waals surface area contributed by atoms with Crippen LogP contribution in [-0.2, 0) is 27.2 Å². The number of imidazole rings is 1. The van der Waals surface area contributed by atoms with Crippen LogP contribution in [0.1, 0.15) is 6.92 Å². The van der Waals surface area contributed by atoms with Gasteiger partial charge in [0.1, 0.15) is 0 Å². The number of rotatable bonds is 1. The van der Waals surface area contributed by atoms with Crippen molar-refractivity contribution in [1.82, 2.24) is 9.13 Å². The second-order valence-corrected chi connectivity index (χ2v) is 4.38. The molecule has 3 aromatic rings. The molecule has 1 aromatic heterocycles. The number of aryl methyl sites for hydroxylation is 1. The number of hydrogen-bond acceptors (Lipinski definition) is 0. The molecule has 1 radical (unpaired) electrons. The third kappa shape index (κ3) is 4.25. The van der Waals surface area contributed by atoms with E-state index in [0.717, 1.165) is 5.69 Å². The number of aliphatic hydroxyl groups excluding tert-OH is 1. The van der Waals surface area contributed by atoms with Crippen LogP contribution in [0.25, 0.3) is 16.7 Å². The van der Waals surface area contributed by atoms with Gasteiger partial charge in [-0.2, -0.15) is 18.2 Å². The Morgan fingerprint density at radius 3 is 2.29 bits per heavy atom. The van der Waals surface area contributed by atoms with E-state index in [4.69, 9.17) is 9.90 Å². The standard InChI is InChI=1S/C14H12N2.C2H4O2.Ir/c1-15-11-16(12-7-3-2-4-8-12)14-10-6-5-9-13(14)15;1-2(3)4;/h2-7,9-11H,1H3;1H3,(H,3,4);/p+1. The van der Waals surface area contributed by atoms with Crippen molar-refractivity contribution in [2.24, 2.45) is 7.05 Å². The van der Waals surface area contributed by atoms with Crippen molar-refractivity contribution >= 4 is 17.0 Å². The number of hydrogen-bond donors (Lipinski definition) is 1. The maximum absolute atomic E-state index is 7.53. The number of benzene rings is 2. The van der Waals surface area contributed by atoms with Gasteiger partial charge in [-0.25, -0.2) is 9.13 Å². The van der Waals surface area contributed by atoms with E-state index >= 15 is 0 Å². The molecule has 111 valence electrons. The summed E-state index contributed by atoms with van der Waals surface area (Å²) in [7, 11) is 2.06. The number of nitrogens with zero attached hydrogens (tertiary/aromatic N) is 2. The fourth-order valence-corrected chi connectivity index (χ4v) is 1.99. The first-order valence-corrected chi connectivity index (χ1v) is 6.24. The average Bonchev–Trinajstić information content (AvgIpc) is 2.77. The topological polar surface area (TPSA) is 51.5 Å². The van der Waals surface area contributed by atoms with Gasteiger partial charge >= 0.3 is 5.97 Å². The molecule has 0 unspecified atom stereocenters. The van der Waals surface area contributed by atoms with E-state index in [0.29, 0.717) is 0 Å². The van der Waals surface area contributed by atoms with Gasteiger partial charge in [0.15, 0.2) is 17.4 Å². The number of carboxylic acids is 1. The average molecular weight is 462 g/mol. The van der Waals surface area contributed by atoms with Crippen molar-refractivity contribution in [2.75, 3.05) is 0 Å². The smallest absolute Gasteiger partial charge is 0.339 e. The van der Waals surface area contributed by atoms with Gasteiger partial charge in [-0.15, -0.1) is 12.1 Å². The second kappa shape index (κ2) is 7.72. The second-order valence-electron chi connectivity index (χ2n) is 4.38. The third-order valence-electron chi connectivity index (χ3n) is 2.76. The molecule has 0 aliphatic heterocycles. The van der Waals surface area contributed by atoms with Crippen molar-refractivity contribution in [3.8, 4) is 5.69 Å². The molecule has 0 spiro atoms. The monoisotopic (exact) mass is 462 g/mol. The molecule has 3 rings (SSSR count). The van der Waals surface area contributed by atoms with Gasteiger partial charge in [0.05, 0.1) is 6.92 Å². The zero-order valence-corrected chi connectivity index (χ0v) is 14.2. The molecule has 0 bridgehead atoms. The van der Waals surface area contributed by atoms with Crippen molar-refractivity contribution in [3.05, 3.63) is 60.9 Å². The maximum atomic E-state index is 7.53. The number of para-hydroxylation sites is 3. The summed E-state index contributed by atoms with van der Waals surface area (Å²) in [4.78, 5) is 7.53. The van der Waals surface area contributed by atoms with E-state index in [1.165, 1.54) is 18.0 Å². The van der Waals surface area contributed by atoms with Crippen LogP contribution in [-0.4, -0.2) is 25.0 Å².